The Morgan fingerprint density at radius 2 is 1.81 bits per heavy atom. The first-order valence-electron chi connectivity index (χ1n) is 9.25. The summed E-state index contributed by atoms with van der Waals surface area (Å²) >= 11 is 0. The Bertz CT molecular complexity index is 758. The van der Waals surface area contributed by atoms with Crippen LogP contribution in [0, 0.1) is 6.92 Å². The van der Waals surface area contributed by atoms with Crippen LogP contribution in [0.4, 0.5) is 16.2 Å². The number of ether oxygens (including phenoxy) is 2. The number of hydrogen-bond donors (Lipinski definition) is 1. The van der Waals surface area contributed by atoms with E-state index in [1.165, 1.54) is 11.3 Å². The number of anilines is 2. The molecule has 6 nitrogen and oxygen atoms in total. The lowest BCUT2D eigenvalue weighted by Crippen LogP contribution is -2.50. The summed E-state index contributed by atoms with van der Waals surface area (Å²) in [6, 6.07) is 15.8. The quantitative estimate of drug-likeness (QED) is 0.793. The number of methoxy groups -OCH3 is 1. The lowest BCUT2D eigenvalue weighted by atomic mass is 10.2. The molecule has 0 bridgehead atoms. The van der Waals surface area contributed by atoms with Gasteiger partial charge in [0.15, 0.2) is 0 Å². The monoisotopic (exact) mass is 369 g/mol. The molecule has 1 aliphatic heterocycles. The summed E-state index contributed by atoms with van der Waals surface area (Å²) in [5.41, 5.74) is 3.14. The molecule has 0 unspecified atom stereocenters. The fourth-order valence-corrected chi connectivity index (χ4v) is 3.12. The maximum atomic E-state index is 12.7. The van der Waals surface area contributed by atoms with E-state index in [-0.39, 0.29) is 6.03 Å². The van der Waals surface area contributed by atoms with E-state index in [9.17, 15) is 4.79 Å². The molecule has 2 aromatic rings. The van der Waals surface area contributed by atoms with E-state index in [0.717, 1.165) is 13.1 Å². The van der Waals surface area contributed by atoms with Gasteiger partial charge in [0.2, 0.25) is 0 Å². The standard InChI is InChI=1S/C21H27N3O3/c1-17-6-5-7-18(16-17)23-10-12-24(13-11-23)21(25)22-19-8-3-4-9-20(19)27-15-14-26-2/h3-9,16H,10-15H2,1-2H3,(H,22,25). The van der Waals surface area contributed by atoms with Crippen LogP contribution in [0.2, 0.25) is 0 Å². The Morgan fingerprint density at radius 1 is 1.04 bits per heavy atom. The van der Waals surface area contributed by atoms with Gasteiger partial charge in [-0.3, -0.25) is 0 Å². The third kappa shape index (κ3) is 5.14. The van der Waals surface area contributed by atoms with Crippen LogP contribution in [-0.4, -0.2) is 57.4 Å². The number of amides is 2. The average molecular weight is 369 g/mol. The molecule has 1 fully saturated rings. The Hall–Kier alpha value is -2.73. The molecule has 0 saturated carbocycles. The van der Waals surface area contributed by atoms with E-state index < -0.39 is 0 Å². The van der Waals surface area contributed by atoms with E-state index >= 15 is 0 Å². The number of aryl methyl sites for hydroxylation is 1. The van der Waals surface area contributed by atoms with Gasteiger partial charge in [0.25, 0.3) is 0 Å². The molecule has 144 valence electrons. The molecule has 27 heavy (non-hydrogen) atoms. The highest BCUT2D eigenvalue weighted by molar-refractivity contribution is 5.91. The van der Waals surface area contributed by atoms with E-state index in [1.54, 1.807) is 7.11 Å². The number of rotatable bonds is 6. The lowest BCUT2D eigenvalue weighted by molar-refractivity contribution is 0.146. The fourth-order valence-electron chi connectivity index (χ4n) is 3.12. The topological polar surface area (TPSA) is 54.0 Å². The molecular weight excluding hydrogens is 342 g/mol. The SMILES string of the molecule is COCCOc1ccccc1NC(=O)N1CCN(c2cccc(C)c2)CC1. The van der Waals surface area contributed by atoms with Gasteiger partial charge in [-0.15, -0.1) is 0 Å². The van der Waals surface area contributed by atoms with Gasteiger partial charge in [-0.25, -0.2) is 4.79 Å². The van der Waals surface area contributed by atoms with Crippen molar-refractivity contribution in [2.75, 3.05) is 56.7 Å². The number of piperazine rings is 1. The summed E-state index contributed by atoms with van der Waals surface area (Å²) < 4.78 is 10.7. The van der Waals surface area contributed by atoms with Crippen molar-refractivity contribution < 1.29 is 14.3 Å². The minimum absolute atomic E-state index is 0.0957. The third-order valence-corrected chi connectivity index (χ3v) is 4.61. The minimum atomic E-state index is -0.0957. The van der Waals surface area contributed by atoms with Crippen LogP contribution >= 0.6 is 0 Å². The second-order valence-electron chi connectivity index (χ2n) is 6.58. The zero-order valence-electron chi connectivity index (χ0n) is 16.0. The number of benzene rings is 2. The van der Waals surface area contributed by atoms with Gasteiger partial charge in [-0.05, 0) is 36.8 Å². The Labute approximate surface area is 160 Å². The Balaban J connectivity index is 1.55. The predicted octanol–water partition coefficient (Wildman–Crippen LogP) is 3.37. The fraction of sp³-hybridized carbons (Fsp3) is 0.381. The zero-order chi connectivity index (χ0) is 19.1. The van der Waals surface area contributed by atoms with Gasteiger partial charge >= 0.3 is 6.03 Å². The molecule has 2 aromatic carbocycles. The molecule has 1 aliphatic rings. The third-order valence-electron chi connectivity index (χ3n) is 4.61. The number of para-hydroxylation sites is 2. The highest BCUT2D eigenvalue weighted by Gasteiger charge is 2.22. The van der Waals surface area contributed by atoms with Crippen molar-refractivity contribution >= 4 is 17.4 Å². The number of hydrogen-bond acceptors (Lipinski definition) is 4. The first kappa shape index (κ1) is 19.0. The molecule has 1 saturated heterocycles. The predicted molar refractivity (Wildman–Crippen MR) is 108 cm³/mol. The average Bonchev–Trinajstić information content (AvgIpc) is 2.69. The lowest BCUT2D eigenvalue weighted by Gasteiger charge is -2.36. The van der Waals surface area contributed by atoms with Crippen LogP contribution in [0.15, 0.2) is 48.5 Å². The minimum Gasteiger partial charge on any atom is -0.489 e. The van der Waals surface area contributed by atoms with Crippen molar-refractivity contribution in [2.45, 2.75) is 6.92 Å². The summed E-state index contributed by atoms with van der Waals surface area (Å²) in [6.45, 7) is 6.06. The van der Waals surface area contributed by atoms with Gasteiger partial charge < -0.3 is 24.6 Å². The highest BCUT2D eigenvalue weighted by Crippen LogP contribution is 2.24. The second-order valence-corrected chi connectivity index (χ2v) is 6.58. The Kier molecular flexibility index (Phi) is 6.54. The summed E-state index contributed by atoms with van der Waals surface area (Å²) in [7, 11) is 1.63. The first-order chi connectivity index (χ1) is 13.2. The molecule has 3 rings (SSSR count). The van der Waals surface area contributed by atoms with Crippen LogP contribution in [0.1, 0.15) is 5.56 Å². The van der Waals surface area contributed by atoms with Crippen molar-refractivity contribution in [3.05, 3.63) is 54.1 Å². The number of carbonyl (C=O) groups is 1. The molecule has 0 radical (unpaired) electrons. The molecule has 2 amide bonds. The molecule has 0 atom stereocenters. The van der Waals surface area contributed by atoms with Crippen LogP contribution in [0.3, 0.4) is 0 Å². The van der Waals surface area contributed by atoms with E-state index in [1.807, 2.05) is 29.2 Å². The van der Waals surface area contributed by atoms with Gasteiger partial charge in [-0.2, -0.15) is 0 Å². The summed E-state index contributed by atoms with van der Waals surface area (Å²) in [4.78, 5) is 16.8. The first-order valence-corrected chi connectivity index (χ1v) is 9.25. The van der Waals surface area contributed by atoms with Crippen LogP contribution < -0.4 is 15.0 Å². The molecular formula is C21H27N3O3. The maximum absolute atomic E-state index is 12.7. The van der Waals surface area contributed by atoms with Gasteiger partial charge in [-0.1, -0.05) is 24.3 Å². The maximum Gasteiger partial charge on any atom is 0.322 e. The molecule has 0 spiro atoms. The molecule has 0 aromatic heterocycles. The molecule has 6 heteroatoms. The van der Waals surface area contributed by atoms with E-state index in [2.05, 4.69) is 41.4 Å². The van der Waals surface area contributed by atoms with Crippen molar-refractivity contribution in [3.8, 4) is 5.75 Å². The van der Waals surface area contributed by atoms with Crippen LogP contribution in [0.5, 0.6) is 5.75 Å². The van der Waals surface area contributed by atoms with Crippen molar-refractivity contribution in [2.24, 2.45) is 0 Å². The number of carbonyl (C=O) groups excluding carboxylic acids is 1. The van der Waals surface area contributed by atoms with Crippen molar-refractivity contribution in [1.29, 1.82) is 0 Å². The molecule has 1 N–H and O–H groups in total. The van der Waals surface area contributed by atoms with Crippen molar-refractivity contribution in [1.82, 2.24) is 4.90 Å². The summed E-state index contributed by atoms with van der Waals surface area (Å²) in [5.74, 6) is 0.654. The normalized spacial score (nSPS) is 14.1. The second kappa shape index (κ2) is 9.28. The van der Waals surface area contributed by atoms with Crippen LogP contribution in [0.25, 0.3) is 0 Å². The zero-order valence-corrected chi connectivity index (χ0v) is 16.0. The molecule has 1 heterocycles. The van der Waals surface area contributed by atoms with Gasteiger partial charge in [0.1, 0.15) is 12.4 Å². The van der Waals surface area contributed by atoms with Gasteiger partial charge in [0, 0.05) is 39.0 Å². The number of nitrogens with zero attached hydrogens (tertiary/aromatic N) is 2. The number of urea groups is 1. The van der Waals surface area contributed by atoms with E-state index in [4.69, 9.17) is 9.47 Å². The van der Waals surface area contributed by atoms with Crippen LogP contribution in [-0.2, 0) is 4.74 Å². The van der Waals surface area contributed by atoms with E-state index in [0.29, 0.717) is 37.7 Å². The Morgan fingerprint density at radius 3 is 2.56 bits per heavy atom. The summed E-state index contributed by atoms with van der Waals surface area (Å²) in [5, 5.41) is 2.97. The smallest absolute Gasteiger partial charge is 0.322 e. The van der Waals surface area contributed by atoms with Crippen molar-refractivity contribution in [3.63, 3.8) is 0 Å². The summed E-state index contributed by atoms with van der Waals surface area (Å²) in [6.07, 6.45) is 0. The number of nitrogens with one attached hydrogen (secondary N) is 1. The highest BCUT2D eigenvalue weighted by atomic mass is 16.5. The largest absolute Gasteiger partial charge is 0.489 e. The molecule has 0 aliphatic carbocycles. The van der Waals surface area contributed by atoms with Gasteiger partial charge in [0.05, 0.1) is 12.3 Å².